The van der Waals surface area contributed by atoms with Crippen molar-refractivity contribution in [1.82, 2.24) is 10.5 Å². The highest BCUT2D eigenvalue weighted by Crippen LogP contribution is 2.29. The lowest BCUT2D eigenvalue weighted by Gasteiger charge is -2.30. The summed E-state index contributed by atoms with van der Waals surface area (Å²) >= 11 is 0. The smallest absolute Gasteiger partial charge is 0.124 e. The van der Waals surface area contributed by atoms with Crippen molar-refractivity contribution < 1.29 is 9.26 Å². The van der Waals surface area contributed by atoms with E-state index in [2.05, 4.69) is 17.1 Å². The van der Waals surface area contributed by atoms with Gasteiger partial charge in [0.2, 0.25) is 0 Å². The van der Waals surface area contributed by atoms with Gasteiger partial charge >= 0.3 is 0 Å². The molecule has 2 atom stereocenters. The molecule has 0 bridgehead atoms. The summed E-state index contributed by atoms with van der Waals surface area (Å²) in [4.78, 5) is 0. The van der Waals surface area contributed by atoms with Crippen LogP contribution in [0.5, 0.6) is 0 Å². The Morgan fingerprint density at radius 3 is 3.31 bits per heavy atom. The fraction of sp³-hybridized carbons (Fsp3) is 0.583. The molecule has 0 amide bonds. The highest BCUT2D eigenvalue weighted by molar-refractivity contribution is 5.08. The molecule has 1 aliphatic heterocycles. The Morgan fingerprint density at radius 1 is 1.75 bits per heavy atom. The molecular weight excluding hydrogens is 204 g/mol. The quantitative estimate of drug-likeness (QED) is 0.791. The van der Waals surface area contributed by atoms with Crippen LogP contribution in [0, 0.1) is 5.92 Å². The van der Waals surface area contributed by atoms with Crippen LogP contribution in [0.3, 0.4) is 0 Å². The van der Waals surface area contributed by atoms with Crippen molar-refractivity contribution in [3.05, 3.63) is 30.4 Å². The van der Waals surface area contributed by atoms with Gasteiger partial charge in [-0.05, 0) is 19.9 Å². The van der Waals surface area contributed by atoms with Crippen LogP contribution in [-0.2, 0) is 4.74 Å². The summed E-state index contributed by atoms with van der Waals surface area (Å²) in [7, 11) is 0. The third-order valence-corrected chi connectivity index (χ3v) is 2.99. The molecule has 1 N–H and O–H groups in total. The minimum absolute atomic E-state index is 0.430. The number of nitrogens with zero attached hydrogens (tertiary/aromatic N) is 1. The second-order valence-electron chi connectivity index (χ2n) is 4.30. The monoisotopic (exact) mass is 222 g/mol. The van der Waals surface area contributed by atoms with Gasteiger partial charge in [-0.3, -0.25) is 0 Å². The molecule has 1 aromatic heterocycles. The van der Waals surface area contributed by atoms with Crippen LogP contribution in [-0.4, -0.2) is 24.9 Å². The molecule has 16 heavy (non-hydrogen) atoms. The third-order valence-electron chi connectivity index (χ3n) is 2.99. The summed E-state index contributed by atoms with van der Waals surface area (Å²) in [5.74, 6) is 1.64. The zero-order valence-corrected chi connectivity index (χ0v) is 9.61. The van der Waals surface area contributed by atoms with Crippen molar-refractivity contribution in [2.45, 2.75) is 19.3 Å². The minimum atomic E-state index is 0.430. The number of piperidine rings is 1. The first-order chi connectivity index (χ1) is 7.77. The zero-order chi connectivity index (χ0) is 11.4. The Balaban J connectivity index is 2.00. The summed E-state index contributed by atoms with van der Waals surface area (Å²) in [5, 5.41) is 7.42. The van der Waals surface area contributed by atoms with E-state index in [4.69, 9.17) is 9.26 Å². The third kappa shape index (κ3) is 2.64. The van der Waals surface area contributed by atoms with E-state index in [9.17, 15) is 0 Å². The van der Waals surface area contributed by atoms with Gasteiger partial charge in [0.25, 0.3) is 0 Å². The van der Waals surface area contributed by atoms with E-state index in [-0.39, 0.29) is 0 Å². The predicted octanol–water partition coefficient (Wildman–Crippen LogP) is 1.92. The maximum Gasteiger partial charge on any atom is 0.124 e. The summed E-state index contributed by atoms with van der Waals surface area (Å²) in [5.41, 5.74) is 1.04. The van der Waals surface area contributed by atoms with Crippen molar-refractivity contribution >= 4 is 0 Å². The van der Waals surface area contributed by atoms with Crippen LogP contribution in [0.4, 0.5) is 0 Å². The van der Waals surface area contributed by atoms with Crippen molar-refractivity contribution in [3.63, 3.8) is 0 Å². The van der Waals surface area contributed by atoms with Crippen molar-refractivity contribution in [1.29, 1.82) is 0 Å². The van der Waals surface area contributed by atoms with Gasteiger partial charge in [-0.25, -0.2) is 0 Å². The first kappa shape index (κ1) is 11.2. The first-order valence-corrected chi connectivity index (χ1v) is 5.66. The summed E-state index contributed by atoms with van der Waals surface area (Å²) in [6.45, 7) is 8.31. The summed E-state index contributed by atoms with van der Waals surface area (Å²) in [6, 6.07) is 1.95. The van der Waals surface area contributed by atoms with E-state index in [1.165, 1.54) is 0 Å². The van der Waals surface area contributed by atoms with Gasteiger partial charge in [-0.15, -0.1) is 0 Å². The standard InChI is InChI=1S/C12H18N2O2/c1-9(2)15-8-10-7-13-5-3-11(10)12-4-6-16-14-12/h4,6,10-11,13H,1,3,5,7-8H2,2H3. The molecule has 1 saturated heterocycles. The molecule has 1 aliphatic rings. The second kappa shape index (κ2) is 5.16. The fourth-order valence-electron chi connectivity index (χ4n) is 2.15. The largest absolute Gasteiger partial charge is 0.498 e. The molecule has 88 valence electrons. The molecule has 0 radical (unpaired) electrons. The topological polar surface area (TPSA) is 47.3 Å². The van der Waals surface area contributed by atoms with Gasteiger partial charge < -0.3 is 14.6 Å². The van der Waals surface area contributed by atoms with E-state index >= 15 is 0 Å². The molecule has 0 spiro atoms. The minimum Gasteiger partial charge on any atom is -0.498 e. The maximum atomic E-state index is 5.52. The van der Waals surface area contributed by atoms with Gasteiger partial charge in [0.1, 0.15) is 6.26 Å². The fourth-order valence-corrected chi connectivity index (χ4v) is 2.15. The van der Waals surface area contributed by atoms with Crippen LogP contribution in [0.15, 0.2) is 29.2 Å². The average molecular weight is 222 g/mol. The Hall–Kier alpha value is -1.29. The lowest BCUT2D eigenvalue weighted by molar-refractivity contribution is 0.135. The Labute approximate surface area is 95.6 Å². The van der Waals surface area contributed by atoms with E-state index in [1.54, 1.807) is 6.26 Å². The molecule has 0 aromatic carbocycles. The van der Waals surface area contributed by atoms with Crippen LogP contribution in [0.2, 0.25) is 0 Å². The van der Waals surface area contributed by atoms with E-state index in [0.29, 0.717) is 18.4 Å². The Morgan fingerprint density at radius 2 is 2.62 bits per heavy atom. The van der Waals surface area contributed by atoms with E-state index < -0.39 is 0 Å². The number of nitrogens with one attached hydrogen (secondary N) is 1. The molecule has 0 saturated carbocycles. The van der Waals surface area contributed by atoms with Gasteiger partial charge in [-0.2, -0.15) is 0 Å². The number of allylic oxidation sites excluding steroid dienone is 1. The van der Waals surface area contributed by atoms with Crippen molar-refractivity contribution in [2.75, 3.05) is 19.7 Å². The van der Waals surface area contributed by atoms with Gasteiger partial charge in [-0.1, -0.05) is 11.7 Å². The van der Waals surface area contributed by atoms with Crippen LogP contribution in [0.1, 0.15) is 25.0 Å². The molecular formula is C12H18N2O2. The number of ether oxygens (including phenoxy) is 1. The molecule has 1 aromatic rings. The number of rotatable bonds is 4. The average Bonchev–Trinajstić information content (AvgIpc) is 2.80. The van der Waals surface area contributed by atoms with Crippen LogP contribution in [0.25, 0.3) is 0 Å². The number of hydrogen-bond acceptors (Lipinski definition) is 4. The summed E-state index contributed by atoms with van der Waals surface area (Å²) < 4.78 is 10.4. The second-order valence-corrected chi connectivity index (χ2v) is 4.30. The van der Waals surface area contributed by atoms with Crippen molar-refractivity contribution in [2.24, 2.45) is 5.92 Å². The highest BCUT2D eigenvalue weighted by Gasteiger charge is 2.28. The SMILES string of the molecule is C=C(C)OCC1CNCCC1c1ccon1. The lowest BCUT2D eigenvalue weighted by atomic mass is 9.84. The first-order valence-electron chi connectivity index (χ1n) is 5.66. The van der Waals surface area contributed by atoms with Crippen molar-refractivity contribution in [3.8, 4) is 0 Å². The molecule has 1 fully saturated rings. The predicted molar refractivity (Wildman–Crippen MR) is 61.0 cm³/mol. The number of aromatic nitrogens is 1. The molecule has 0 aliphatic carbocycles. The van der Waals surface area contributed by atoms with Crippen LogP contribution < -0.4 is 5.32 Å². The van der Waals surface area contributed by atoms with E-state index in [0.717, 1.165) is 31.0 Å². The molecule has 2 unspecified atom stereocenters. The lowest BCUT2D eigenvalue weighted by Crippen LogP contribution is -2.37. The molecule has 4 heteroatoms. The van der Waals surface area contributed by atoms with Gasteiger partial charge in [0.05, 0.1) is 18.1 Å². The normalized spacial score (nSPS) is 25.3. The maximum absolute atomic E-state index is 5.52. The highest BCUT2D eigenvalue weighted by atomic mass is 16.5. The molecule has 4 nitrogen and oxygen atoms in total. The Kier molecular flexibility index (Phi) is 3.62. The molecule has 2 rings (SSSR count). The van der Waals surface area contributed by atoms with Gasteiger partial charge in [0.15, 0.2) is 0 Å². The zero-order valence-electron chi connectivity index (χ0n) is 9.61. The Bertz CT molecular complexity index is 335. The summed E-state index contributed by atoms with van der Waals surface area (Å²) in [6.07, 6.45) is 2.71. The molecule has 2 heterocycles. The number of hydrogen-bond donors (Lipinski definition) is 1. The van der Waals surface area contributed by atoms with E-state index in [1.807, 2.05) is 13.0 Å². The van der Waals surface area contributed by atoms with Gasteiger partial charge in [0, 0.05) is 24.4 Å². The van der Waals surface area contributed by atoms with Crippen LogP contribution >= 0.6 is 0 Å².